The number of pyridine rings is 1. The van der Waals surface area contributed by atoms with Gasteiger partial charge in [0.25, 0.3) is 0 Å². The third-order valence-electron chi connectivity index (χ3n) is 3.55. The van der Waals surface area contributed by atoms with E-state index in [2.05, 4.69) is 10.1 Å². The Hall–Kier alpha value is -1.88. The highest BCUT2D eigenvalue weighted by Crippen LogP contribution is 2.24. The van der Waals surface area contributed by atoms with Gasteiger partial charge in [0, 0.05) is 30.9 Å². The number of aliphatic hydroxyl groups is 1. The van der Waals surface area contributed by atoms with Crippen LogP contribution in [0.3, 0.4) is 0 Å². The lowest BCUT2D eigenvalue weighted by molar-refractivity contribution is 0.176. The highest BCUT2D eigenvalue weighted by Gasteiger charge is 2.16. The number of hydrogen-bond acceptors (Lipinski definition) is 4. The van der Waals surface area contributed by atoms with Gasteiger partial charge < -0.3 is 9.84 Å². The average Bonchev–Trinajstić information content (AvgIpc) is 2.65. The molecule has 1 unspecified atom stereocenters. The smallest absolute Gasteiger partial charge is 0.138 e. The Morgan fingerprint density at radius 3 is 2.57 bits per heavy atom. The lowest BCUT2D eigenvalue weighted by Gasteiger charge is -2.14. The van der Waals surface area contributed by atoms with Gasteiger partial charge in [0.2, 0.25) is 0 Å². The molecule has 5 nitrogen and oxygen atoms in total. The minimum Gasteiger partial charge on any atom is -0.489 e. The predicted octanol–water partition coefficient (Wildman–Crippen LogP) is 2.50. The van der Waals surface area contributed by atoms with Crippen LogP contribution >= 0.6 is 0 Å². The van der Waals surface area contributed by atoms with Crippen LogP contribution in [0.4, 0.5) is 0 Å². The summed E-state index contributed by atoms with van der Waals surface area (Å²) in [4.78, 5) is 4.14. The van der Waals surface area contributed by atoms with E-state index >= 15 is 0 Å². The van der Waals surface area contributed by atoms with E-state index in [9.17, 15) is 5.11 Å². The van der Waals surface area contributed by atoms with Crippen molar-refractivity contribution >= 4 is 0 Å². The van der Waals surface area contributed by atoms with E-state index < -0.39 is 6.10 Å². The molecular weight excluding hydrogens is 266 g/mol. The molecule has 0 fully saturated rings. The van der Waals surface area contributed by atoms with Gasteiger partial charge in [0.15, 0.2) is 0 Å². The molecule has 1 atom stereocenters. The van der Waals surface area contributed by atoms with Crippen molar-refractivity contribution in [2.75, 3.05) is 0 Å². The number of nitrogens with zero attached hydrogens (tertiary/aromatic N) is 3. The van der Waals surface area contributed by atoms with E-state index in [0.717, 1.165) is 22.5 Å². The van der Waals surface area contributed by atoms with Gasteiger partial charge in [-0.15, -0.1) is 0 Å². The highest BCUT2D eigenvalue weighted by atomic mass is 16.5. The zero-order valence-corrected chi connectivity index (χ0v) is 13.3. The Balaban J connectivity index is 2.18. The fourth-order valence-electron chi connectivity index (χ4n) is 2.38. The van der Waals surface area contributed by atoms with Crippen molar-refractivity contribution in [3.05, 3.63) is 41.0 Å². The van der Waals surface area contributed by atoms with Crippen LogP contribution in [0.25, 0.3) is 0 Å². The summed E-state index contributed by atoms with van der Waals surface area (Å²) >= 11 is 0. The van der Waals surface area contributed by atoms with Gasteiger partial charge in [-0.25, -0.2) is 0 Å². The summed E-state index contributed by atoms with van der Waals surface area (Å²) in [5.41, 5.74) is 3.88. The second kappa shape index (κ2) is 6.26. The number of aryl methyl sites for hydroxylation is 2. The second-order valence-electron chi connectivity index (χ2n) is 5.61. The van der Waals surface area contributed by atoms with Gasteiger partial charge in [-0.05, 0) is 39.3 Å². The largest absolute Gasteiger partial charge is 0.489 e. The van der Waals surface area contributed by atoms with Gasteiger partial charge >= 0.3 is 0 Å². The maximum atomic E-state index is 10.5. The molecule has 0 aliphatic heterocycles. The Kier molecular flexibility index (Phi) is 4.63. The Morgan fingerprint density at radius 1 is 1.29 bits per heavy atom. The molecule has 0 saturated heterocycles. The Morgan fingerprint density at radius 2 is 2.00 bits per heavy atom. The van der Waals surface area contributed by atoms with Crippen molar-refractivity contribution in [3.63, 3.8) is 0 Å². The molecule has 5 heteroatoms. The van der Waals surface area contributed by atoms with Crippen LogP contribution in [-0.4, -0.2) is 26.0 Å². The van der Waals surface area contributed by atoms with Crippen molar-refractivity contribution < 1.29 is 9.84 Å². The molecule has 2 aromatic heterocycles. The maximum absolute atomic E-state index is 10.5. The average molecular weight is 289 g/mol. The first-order valence-electron chi connectivity index (χ1n) is 7.17. The normalized spacial score (nSPS) is 12.7. The quantitative estimate of drug-likeness (QED) is 0.918. The molecule has 21 heavy (non-hydrogen) atoms. The van der Waals surface area contributed by atoms with Crippen LogP contribution < -0.4 is 4.74 Å². The zero-order valence-electron chi connectivity index (χ0n) is 13.3. The van der Waals surface area contributed by atoms with Gasteiger partial charge in [-0.3, -0.25) is 9.67 Å². The third kappa shape index (κ3) is 3.61. The summed E-state index contributed by atoms with van der Waals surface area (Å²) in [6.07, 6.45) is 3.34. The Bertz CT molecular complexity index is 620. The van der Waals surface area contributed by atoms with Crippen molar-refractivity contribution in [1.29, 1.82) is 0 Å². The van der Waals surface area contributed by atoms with E-state index in [-0.39, 0.29) is 6.10 Å². The second-order valence-corrected chi connectivity index (χ2v) is 5.61. The number of aliphatic hydroxyl groups excluding tert-OH is 1. The molecule has 1 N–H and O–H groups in total. The van der Waals surface area contributed by atoms with E-state index in [1.807, 2.05) is 45.5 Å². The molecule has 0 saturated carbocycles. The van der Waals surface area contributed by atoms with E-state index in [4.69, 9.17) is 4.74 Å². The molecule has 0 aromatic carbocycles. The first-order valence-corrected chi connectivity index (χ1v) is 7.17. The van der Waals surface area contributed by atoms with Crippen LogP contribution in [0.5, 0.6) is 5.75 Å². The van der Waals surface area contributed by atoms with Gasteiger partial charge in [0.05, 0.1) is 24.1 Å². The summed E-state index contributed by atoms with van der Waals surface area (Å²) in [6, 6.07) is 1.85. The van der Waals surface area contributed by atoms with Crippen LogP contribution in [0.2, 0.25) is 0 Å². The summed E-state index contributed by atoms with van der Waals surface area (Å²) < 4.78 is 7.46. The first-order chi connectivity index (χ1) is 9.88. The molecule has 0 amide bonds. The SMILES string of the molecule is Cc1nn(C)c(C)c1CC(O)c1cncc(OC(C)C)c1. The maximum Gasteiger partial charge on any atom is 0.138 e. The van der Waals surface area contributed by atoms with Gasteiger partial charge in [-0.1, -0.05) is 0 Å². The summed E-state index contributed by atoms with van der Waals surface area (Å²) in [5.74, 6) is 0.682. The molecule has 0 spiro atoms. The topological polar surface area (TPSA) is 60.2 Å². The number of hydrogen-bond donors (Lipinski definition) is 1. The minimum absolute atomic E-state index is 0.0852. The predicted molar refractivity (Wildman–Crippen MR) is 81.3 cm³/mol. The molecule has 2 heterocycles. The van der Waals surface area contributed by atoms with Crippen molar-refractivity contribution in [2.24, 2.45) is 7.05 Å². The molecule has 2 rings (SSSR count). The number of aromatic nitrogens is 3. The van der Waals surface area contributed by atoms with Crippen molar-refractivity contribution in [2.45, 2.75) is 46.3 Å². The number of ether oxygens (including phenoxy) is 1. The number of rotatable bonds is 5. The molecule has 0 aliphatic carbocycles. The van der Waals surface area contributed by atoms with Gasteiger partial charge in [0.1, 0.15) is 5.75 Å². The van der Waals surface area contributed by atoms with Crippen LogP contribution in [-0.2, 0) is 13.5 Å². The third-order valence-corrected chi connectivity index (χ3v) is 3.55. The van der Waals surface area contributed by atoms with Crippen LogP contribution in [0.15, 0.2) is 18.5 Å². The monoisotopic (exact) mass is 289 g/mol. The standard InChI is InChI=1S/C16H23N3O2/c1-10(2)21-14-6-13(8-17-9-14)16(20)7-15-11(3)18-19(5)12(15)4/h6,8-10,16,20H,7H2,1-5H3. The molecule has 114 valence electrons. The lowest BCUT2D eigenvalue weighted by Crippen LogP contribution is -2.08. The fraction of sp³-hybridized carbons (Fsp3) is 0.500. The summed E-state index contributed by atoms with van der Waals surface area (Å²) in [5, 5.41) is 14.8. The molecule has 0 bridgehead atoms. The lowest BCUT2D eigenvalue weighted by atomic mass is 10.0. The summed E-state index contributed by atoms with van der Waals surface area (Å²) in [7, 11) is 1.91. The summed E-state index contributed by atoms with van der Waals surface area (Å²) in [6.45, 7) is 7.90. The van der Waals surface area contributed by atoms with Gasteiger partial charge in [-0.2, -0.15) is 5.10 Å². The van der Waals surface area contributed by atoms with Crippen LogP contribution in [0.1, 0.15) is 42.5 Å². The zero-order chi connectivity index (χ0) is 15.6. The van der Waals surface area contributed by atoms with Crippen molar-refractivity contribution in [1.82, 2.24) is 14.8 Å². The Labute approximate surface area is 125 Å². The minimum atomic E-state index is -0.616. The van der Waals surface area contributed by atoms with Crippen LogP contribution in [0, 0.1) is 13.8 Å². The fourth-order valence-corrected chi connectivity index (χ4v) is 2.38. The molecular formula is C16H23N3O2. The molecule has 0 aliphatic rings. The highest BCUT2D eigenvalue weighted by molar-refractivity contribution is 5.30. The van der Waals surface area contributed by atoms with Crippen molar-refractivity contribution in [3.8, 4) is 5.75 Å². The molecule has 0 radical (unpaired) electrons. The van der Waals surface area contributed by atoms with E-state index in [1.54, 1.807) is 12.4 Å². The first kappa shape index (κ1) is 15.5. The van der Waals surface area contributed by atoms with E-state index in [1.165, 1.54) is 0 Å². The van der Waals surface area contributed by atoms with E-state index in [0.29, 0.717) is 12.2 Å². The molecule has 2 aromatic rings.